The van der Waals surface area contributed by atoms with Crippen LogP contribution >= 0.6 is 11.6 Å². The lowest BCUT2D eigenvalue weighted by Crippen LogP contribution is -2.35. The normalized spacial score (nSPS) is 12.8. The van der Waals surface area contributed by atoms with Crippen molar-refractivity contribution < 1.29 is 18.3 Å². The number of aryl methyl sites for hydroxylation is 1. The molecule has 0 amide bonds. The Morgan fingerprint density at radius 1 is 1.43 bits per heavy atom. The van der Waals surface area contributed by atoms with Gasteiger partial charge in [0, 0.05) is 12.6 Å². The Morgan fingerprint density at radius 3 is 2.62 bits per heavy atom. The average Bonchev–Trinajstić information content (AvgIpc) is 2.78. The molecule has 2 heterocycles. The van der Waals surface area contributed by atoms with Crippen LogP contribution in [0.25, 0.3) is 5.65 Å². The molecule has 0 aliphatic heterocycles. The number of aromatic nitrogens is 3. The molecule has 2 aromatic rings. The molecule has 0 aliphatic carbocycles. The van der Waals surface area contributed by atoms with Crippen molar-refractivity contribution in [2.45, 2.75) is 33.1 Å². The average molecular weight is 325 g/mol. The van der Waals surface area contributed by atoms with Gasteiger partial charge in [-0.1, -0.05) is 25.4 Å². The predicted octanol–water partition coefficient (Wildman–Crippen LogP) is 3.05. The van der Waals surface area contributed by atoms with Crippen molar-refractivity contribution in [1.82, 2.24) is 14.6 Å². The number of hydrogen-bond donors (Lipinski definition) is 2. The van der Waals surface area contributed by atoms with Gasteiger partial charge in [0.15, 0.2) is 16.9 Å². The maximum absolute atomic E-state index is 12.2. The lowest BCUT2D eigenvalue weighted by atomic mass is 10.3. The van der Waals surface area contributed by atoms with Gasteiger partial charge in [-0.15, -0.1) is 0 Å². The zero-order valence-electron chi connectivity index (χ0n) is 11.7. The van der Waals surface area contributed by atoms with E-state index in [2.05, 4.69) is 15.4 Å². The molecule has 5 nitrogen and oxygen atoms in total. The highest BCUT2D eigenvalue weighted by Gasteiger charge is 2.37. The summed E-state index contributed by atoms with van der Waals surface area (Å²) in [7, 11) is 0. The summed E-state index contributed by atoms with van der Waals surface area (Å²) < 4.78 is 38.0. The monoisotopic (exact) mass is 324 g/mol. The van der Waals surface area contributed by atoms with Crippen LogP contribution < -0.4 is 5.32 Å². The largest absolute Gasteiger partial charge is 0.416 e. The number of hydrogen-bond acceptors (Lipinski definition) is 4. The van der Waals surface area contributed by atoms with Gasteiger partial charge >= 0.3 is 6.18 Å². The van der Waals surface area contributed by atoms with Gasteiger partial charge in [0.05, 0.1) is 17.6 Å². The van der Waals surface area contributed by atoms with E-state index in [-0.39, 0.29) is 10.8 Å². The van der Waals surface area contributed by atoms with Crippen molar-refractivity contribution in [2.75, 3.05) is 11.9 Å². The van der Waals surface area contributed by atoms with Crippen LogP contribution in [0.2, 0.25) is 5.15 Å². The first-order valence-electron chi connectivity index (χ1n) is 6.28. The van der Waals surface area contributed by atoms with Crippen LogP contribution in [0.15, 0.2) is 12.3 Å². The van der Waals surface area contributed by atoms with Gasteiger partial charge in [-0.05, 0) is 6.92 Å². The maximum Gasteiger partial charge on any atom is 0.416 e. The van der Waals surface area contributed by atoms with E-state index in [9.17, 15) is 13.2 Å². The summed E-state index contributed by atoms with van der Waals surface area (Å²) >= 11 is 5.77. The molecule has 2 rings (SSSR count). The molecule has 1 atom stereocenters. The highest BCUT2D eigenvalue weighted by atomic mass is 35.5. The van der Waals surface area contributed by atoms with Crippen LogP contribution in [0.3, 0.4) is 0 Å². The van der Waals surface area contributed by atoms with Crippen LogP contribution in [-0.4, -0.2) is 38.5 Å². The molecule has 0 saturated heterocycles. The molecule has 2 aromatic heterocycles. The van der Waals surface area contributed by atoms with Crippen molar-refractivity contribution in [2.24, 2.45) is 0 Å². The Bertz CT molecular complexity index is 600. The lowest BCUT2D eigenvalue weighted by Gasteiger charge is -2.16. The van der Waals surface area contributed by atoms with E-state index in [4.69, 9.17) is 16.7 Å². The van der Waals surface area contributed by atoms with Gasteiger partial charge in [0.25, 0.3) is 0 Å². The van der Waals surface area contributed by atoms with Gasteiger partial charge < -0.3 is 10.4 Å². The number of alkyl halides is 3. The fourth-order valence-electron chi connectivity index (χ4n) is 1.50. The van der Waals surface area contributed by atoms with E-state index in [1.807, 2.05) is 13.8 Å². The SMILES string of the molecule is CC.Cc1cnc2c(NCC(O)C(F)(F)F)cc(Cl)nn12. The summed E-state index contributed by atoms with van der Waals surface area (Å²) in [6.07, 6.45) is -5.62. The molecule has 0 bridgehead atoms. The highest BCUT2D eigenvalue weighted by Crippen LogP contribution is 2.23. The minimum atomic E-state index is -4.68. The number of aliphatic hydroxyl groups is 1. The highest BCUT2D eigenvalue weighted by molar-refractivity contribution is 6.29. The zero-order valence-corrected chi connectivity index (χ0v) is 12.5. The maximum atomic E-state index is 12.2. The van der Waals surface area contributed by atoms with Crippen LogP contribution in [-0.2, 0) is 0 Å². The summed E-state index contributed by atoms with van der Waals surface area (Å²) in [4.78, 5) is 4.02. The number of anilines is 1. The number of aliphatic hydroxyl groups excluding tert-OH is 1. The summed E-state index contributed by atoms with van der Waals surface area (Å²) in [6.45, 7) is 5.04. The smallest absolute Gasteiger partial charge is 0.382 e. The van der Waals surface area contributed by atoms with E-state index in [1.165, 1.54) is 16.8 Å². The van der Waals surface area contributed by atoms with Crippen molar-refractivity contribution in [3.05, 3.63) is 23.1 Å². The third-order valence-corrected chi connectivity index (χ3v) is 2.66. The summed E-state index contributed by atoms with van der Waals surface area (Å²) in [6, 6.07) is 1.35. The minimum absolute atomic E-state index is 0.109. The number of nitrogens with one attached hydrogen (secondary N) is 1. The number of rotatable bonds is 3. The molecule has 118 valence electrons. The second-order valence-electron chi connectivity index (χ2n) is 3.95. The Labute approximate surface area is 124 Å². The Balaban J connectivity index is 0.00000106. The Hall–Kier alpha value is -1.54. The summed E-state index contributed by atoms with van der Waals surface area (Å²) in [5.74, 6) is 0. The summed E-state index contributed by atoms with van der Waals surface area (Å²) in [5.41, 5.74) is 1.31. The van der Waals surface area contributed by atoms with E-state index in [1.54, 1.807) is 6.92 Å². The molecule has 2 N–H and O–H groups in total. The molecule has 1 unspecified atom stereocenters. The number of imidazole rings is 1. The predicted molar refractivity (Wildman–Crippen MR) is 74.6 cm³/mol. The van der Waals surface area contributed by atoms with Crippen LogP contribution in [0, 0.1) is 6.92 Å². The van der Waals surface area contributed by atoms with Crippen molar-refractivity contribution in [3.63, 3.8) is 0 Å². The molecule has 9 heteroatoms. The topological polar surface area (TPSA) is 62.5 Å². The first-order chi connectivity index (χ1) is 9.79. The number of halogens is 4. The third kappa shape index (κ3) is 4.21. The molecule has 0 aliphatic rings. The molecule has 0 saturated carbocycles. The van der Waals surface area contributed by atoms with E-state index < -0.39 is 18.8 Å². The van der Waals surface area contributed by atoms with E-state index in [0.717, 1.165) is 0 Å². The van der Waals surface area contributed by atoms with Gasteiger partial charge in [-0.2, -0.15) is 18.3 Å². The lowest BCUT2D eigenvalue weighted by molar-refractivity contribution is -0.198. The third-order valence-electron chi connectivity index (χ3n) is 2.47. The molecule has 0 spiro atoms. The van der Waals surface area contributed by atoms with Gasteiger partial charge in [-0.3, -0.25) is 0 Å². The van der Waals surface area contributed by atoms with Crippen molar-refractivity contribution in [1.29, 1.82) is 0 Å². The molecule has 0 radical (unpaired) electrons. The van der Waals surface area contributed by atoms with E-state index >= 15 is 0 Å². The quantitative estimate of drug-likeness (QED) is 0.911. The van der Waals surface area contributed by atoms with E-state index in [0.29, 0.717) is 11.3 Å². The first kappa shape index (κ1) is 17.5. The summed E-state index contributed by atoms with van der Waals surface area (Å²) in [5, 5.41) is 15.5. The molecule has 0 aromatic carbocycles. The second-order valence-corrected chi connectivity index (χ2v) is 4.34. The van der Waals surface area contributed by atoms with Crippen molar-refractivity contribution >= 4 is 22.9 Å². The number of nitrogens with zero attached hydrogens (tertiary/aromatic N) is 3. The molecule has 0 fully saturated rings. The van der Waals surface area contributed by atoms with Gasteiger partial charge in [0.2, 0.25) is 0 Å². The minimum Gasteiger partial charge on any atom is -0.382 e. The molecular weight excluding hydrogens is 309 g/mol. The molecular formula is C12H16ClF3N4O. The van der Waals surface area contributed by atoms with Crippen LogP contribution in [0.1, 0.15) is 19.5 Å². The van der Waals surface area contributed by atoms with Gasteiger partial charge in [-0.25, -0.2) is 9.50 Å². The number of fused-ring (bicyclic) bond motifs is 1. The van der Waals surface area contributed by atoms with Gasteiger partial charge in [0.1, 0.15) is 0 Å². The standard InChI is InChI=1S/C10H10ClF3N4O.C2H6/c1-5-3-16-9-6(2-8(11)17-18(5)9)15-4-7(19)10(12,13)14;1-2/h2-3,7,15,19H,4H2,1H3;1-2H3. The van der Waals surface area contributed by atoms with Crippen molar-refractivity contribution in [3.8, 4) is 0 Å². The van der Waals surface area contributed by atoms with Crippen LogP contribution in [0.5, 0.6) is 0 Å². The fraction of sp³-hybridized carbons (Fsp3) is 0.500. The Morgan fingerprint density at radius 2 is 2.05 bits per heavy atom. The molecule has 21 heavy (non-hydrogen) atoms. The fourth-order valence-corrected chi connectivity index (χ4v) is 1.69. The second kappa shape index (κ2) is 6.95. The zero-order chi connectivity index (χ0) is 16.2. The Kier molecular flexibility index (Phi) is 5.79. The van der Waals surface area contributed by atoms with Crippen LogP contribution in [0.4, 0.5) is 18.9 Å². The first-order valence-corrected chi connectivity index (χ1v) is 6.66.